The molecule has 0 bridgehead atoms. The zero-order valence-corrected chi connectivity index (χ0v) is 14.3. The summed E-state index contributed by atoms with van der Waals surface area (Å²) in [5.74, 6) is -0.682. The van der Waals surface area contributed by atoms with Gasteiger partial charge in [0.25, 0.3) is 11.6 Å². The molecular weight excluding hydrogens is 336 g/mol. The number of hydrogen-bond acceptors (Lipinski definition) is 5. The highest BCUT2D eigenvalue weighted by Gasteiger charge is 2.09. The van der Waals surface area contributed by atoms with Crippen LogP contribution in [0.5, 0.6) is 0 Å². The molecule has 2 aromatic carbocycles. The fraction of sp³-hybridized carbons (Fsp3) is 0.167. The zero-order chi connectivity index (χ0) is 19.1. The van der Waals surface area contributed by atoms with Crippen LogP contribution in [-0.2, 0) is 4.79 Å². The second-order valence-electron chi connectivity index (χ2n) is 5.77. The third-order valence-electron chi connectivity index (χ3n) is 3.40. The van der Waals surface area contributed by atoms with Gasteiger partial charge in [-0.2, -0.15) is 5.10 Å². The monoisotopic (exact) mass is 354 g/mol. The summed E-state index contributed by atoms with van der Waals surface area (Å²) in [6, 6.07) is 12.3. The average molecular weight is 354 g/mol. The molecule has 2 rings (SSSR count). The summed E-state index contributed by atoms with van der Waals surface area (Å²) in [7, 11) is 0. The van der Waals surface area contributed by atoms with Gasteiger partial charge in [-0.3, -0.25) is 19.7 Å². The van der Waals surface area contributed by atoms with Gasteiger partial charge in [-0.05, 0) is 24.3 Å². The normalized spacial score (nSPS) is 10.7. The third-order valence-corrected chi connectivity index (χ3v) is 3.40. The SMILES string of the molecule is CC(C)C(=O)Nc1ccc(C(=O)N/N=C\c2cccc([N+](=O)[O-])c2)cc1. The van der Waals surface area contributed by atoms with Crippen LogP contribution in [-0.4, -0.2) is 23.0 Å². The average Bonchev–Trinajstić information content (AvgIpc) is 2.62. The van der Waals surface area contributed by atoms with E-state index in [-0.39, 0.29) is 17.5 Å². The molecule has 0 aliphatic heterocycles. The number of benzene rings is 2. The third kappa shape index (κ3) is 5.23. The lowest BCUT2D eigenvalue weighted by atomic mass is 10.1. The van der Waals surface area contributed by atoms with Gasteiger partial charge in [0.05, 0.1) is 11.1 Å². The Balaban J connectivity index is 1.96. The number of nitrogens with one attached hydrogen (secondary N) is 2. The summed E-state index contributed by atoms with van der Waals surface area (Å²) in [6.45, 7) is 3.58. The van der Waals surface area contributed by atoms with Gasteiger partial charge in [0, 0.05) is 34.9 Å². The van der Waals surface area contributed by atoms with E-state index in [9.17, 15) is 19.7 Å². The first kappa shape index (κ1) is 18.8. The number of non-ortho nitro benzene ring substituents is 1. The van der Waals surface area contributed by atoms with E-state index >= 15 is 0 Å². The van der Waals surface area contributed by atoms with Gasteiger partial charge >= 0.3 is 0 Å². The van der Waals surface area contributed by atoms with Crippen LogP contribution in [0.25, 0.3) is 0 Å². The number of hydrazone groups is 1. The smallest absolute Gasteiger partial charge is 0.271 e. The molecule has 0 radical (unpaired) electrons. The van der Waals surface area contributed by atoms with Crippen molar-refractivity contribution in [2.45, 2.75) is 13.8 Å². The number of nitro benzene ring substituents is 1. The van der Waals surface area contributed by atoms with E-state index in [1.807, 2.05) is 0 Å². The van der Waals surface area contributed by atoms with Crippen molar-refractivity contribution in [3.05, 3.63) is 69.8 Å². The van der Waals surface area contributed by atoms with E-state index in [0.717, 1.165) is 0 Å². The molecule has 2 amide bonds. The number of anilines is 1. The highest BCUT2D eigenvalue weighted by molar-refractivity contribution is 5.96. The molecule has 0 heterocycles. The minimum absolute atomic E-state index is 0.0562. The quantitative estimate of drug-likeness (QED) is 0.471. The molecule has 0 aliphatic carbocycles. The molecule has 0 spiro atoms. The van der Waals surface area contributed by atoms with Crippen LogP contribution in [0.15, 0.2) is 53.6 Å². The minimum Gasteiger partial charge on any atom is -0.326 e. The van der Waals surface area contributed by atoms with Crippen LogP contribution >= 0.6 is 0 Å². The minimum atomic E-state index is -0.504. The fourth-order valence-corrected chi connectivity index (χ4v) is 1.94. The Hall–Kier alpha value is -3.55. The van der Waals surface area contributed by atoms with Crippen molar-refractivity contribution in [1.29, 1.82) is 0 Å². The highest BCUT2D eigenvalue weighted by atomic mass is 16.6. The van der Waals surface area contributed by atoms with E-state index in [2.05, 4.69) is 15.8 Å². The maximum Gasteiger partial charge on any atom is 0.271 e. The summed E-state index contributed by atoms with van der Waals surface area (Å²) in [5.41, 5.74) is 3.75. The first-order chi connectivity index (χ1) is 12.4. The number of nitrogens with zero attached hydrogens (tertiary/aromatic N) is 2. The molecule has 0 unspecified atom stereocenters. The van der Waals surface area contributed by atoms with Crippen molar-refractivity contribution in [3.63, 3.8) is 0 Å². The predicted molar refractivity (Wildman–Crippen MR) is 98.1 cm³/mol. The van der Waals surface area contributed by atoms with Gasteiger partial charge in [-0.15, -0.1) is 0 Å². The number of rotatable bonds is 6. The summed E-state index contributed by atoms with van der Waals surface area (Å²) in [4.78, 5) is 33.9. The molecule has 0 aliphatic rings. The number of carbonyl (C=O) groups excluding carboxylic acids is 2. The first-order valence-electron chi connectivity index (χ1n) is 7.85. The molecular formula is C18H18N4O4. The second-order valence-corrected chi connectivity index (χ2v) is 5.77. The van der Waals surface area contributed by atoms with Crippen molar-refractivity contribution in [3.8, 4) is 0 Å². The molecule has 0 fully saturated rings. The van der Waals surface area contributed by atoms with E-state index in [1.54, 1.807) is 44.2 Å². The molecule has 2 N–H and O–H groups in total. The zero-order valence-electron chi connectivity index (χ0n) is 14.3. The lowest BCUT2D eigenvalue weighted by Gasteiger charge is -2.08. The molecule has 8 nitrogen and oxygen atoms in total. The van der Waals surface area contributed by atoms with Crippen LogP contribution in [0.3, 0.4) is 0 Å². The molecule has 8 heteroatoms. The van der Waals surface area contributed by atoms with Crippen molar-refractivity contribution >= 4 is 29.4 Å². The topological polar surface area (TPSA) is 114 Å². The summed E-state index contributed by atoms with van der Waals surface area (Å²) in [6.07, 6.45) is 1.32. The van der Waals surface area contributed by atoms with Gasteiger partial charge in [-0.1, -0.05) is 26.0 Å². The number of hydrogen-bond donors (Lipinski definition) is 2. The Kier molecular flexibility index (Phi) is 6.15. The Morgan fingerprint density at radius 1 is 1.15 bits per heavy atom. The van der Waals surface area contributed by atoms with Crippen molar-refractivity contribution in [1.82, 2.24) is 5.43 Å². The molecule has 26 heavy (non-hydrogen) atoms. The number of nitro groups is 1. The van der Waals surface area contributed by atoms with Crippen LogP contribution < -0.4 is 10.7 Å². The van der Waals surface area contributed by atoms with Gasteiger partial charge in [0.1, 0.15) is 0 Å². The highest BCUT2D eigenvalue weighted by Crippen LogP contribution is 2.12. The summed E-state index contributed by atoms with van der Waals surface area (Å²) < 4.78 is 0. The number of carbonyl (C=O) groups is 2. The molecule has 0 aromatic heterocycles. The molecule has 134 valence electrons. The van der Waals surface area contributed by atoms with E-state index < -0.39 is 10.8 Å². The molecule has 0 saturated carbocycles. The Morgan fingerprint density at radius 2 is 1.85 bits per heavy atom. The van der Waals surface area contributed by atoms with Crippen molar-refractivity contribution < 1.29 is 14.5 Å². The van der Waals surface area contributed by atoms with Crippen LogP contribution in [0.2, 0.25) is 0 Å². The van der Waals surface area contributed by atoms with Crippen molar-refractivity contribution in [2.75, 3.05) is 5.32 Å². The largest absolute Gasteiger partial charge is 0.326 e. The maximum atomic E-state index is 12.0. The van der Waals surface area contributed by atoms with Crippen molar-refractivity contribution in [2.24, 2.45) is 11.0 Å². The Morgan fingerprint density at radius 3 is 2.46 bits per heavy atom. The van der Waals surface area contributed by atoms with Crippen LogP contribution in [0.4, 0.5) is 11.4 Å². The molecule has 2 aromatic rings. The predicted octanol–water partition coefficient (Wildman–Crippen LogP) is 2.95. The van der Waals surface area contributed by atoms with E-state index in [0.29, 0.717) is 16.8 Å². The standard InChI is InChI=1S/C18H18N4O4/c1-12(2)17(23)20-15-8-6-14(7-9-15)18(24)21-19-11-13-4-3-5-16(10-13)22(25)26/h3-12H,1-2H3,(H,20,23)(H,21,24)/b19-11-. The van der Waals surface area contributed by atoms with Gasteiger partial charge in [0.15, 0.2) is 0 Å². The maximum absolute atomic E-state index is 12.0. The summed E-state index contributed by atoms with van der Waals surface area (Å²) in [5, 5.41) is 17.2. The molecule has 0 atom stereocenters. The van der Waals surface area contributed by atoms with Gasteiger partial charge in [0.2, 0.25) is 5.91 Å². The Bertz CT molecular complexity index is 845. The fourth-order valence-electron chi connectivity index (χ4n) is 1.94. The van der Waals surface area contributed by atoms with E-state index in [1.165, 1.54) is 24.4 Å². The molecule has 0 saturated heterocycles. The lowest BCUT2D eigenvalue weighted by Crippen LogP contribution is -2.19. The second kappa shape index (κ2) is 8.52. The Labute approximate surface area is 150 Å². The van der Waals surface area contributed by atoms with Gasteiger partial charge in [-0.25, -0.2) is 5.43 Å². The number of amides is 2. The van der Waals surface area contributed by atoms with Crippen LogP contribution in [0.1, 0.15) is 29.8 Å². The lowest BCUT2D eigenvalue weighted by molar-refractivity contribution is -0.384. The first-order valence-corrected chi connectivity index (χ1v) is 7.85. The van der Waals surface area contributed by atoms with Gasteiger partial charge < -0.3 is 5.32 Å². The van der Waals surface area contributed by atoms with E-state index in [4.69, 9.17) is 0 Å². The van der Waals surface area contributed by atoms with Crippen LogP contribution in [0, 0.1) is 16.0 Å². The summed E-state index contributed by atoms with van der Waals surface area (Å²) >= 11 is 0.